The zero-order chi connectivity index (χ0) is 19.8. The van der Waals surface area contributed by atoms with Gasteiger partial charge < -0.3 is 4.98 Å². The molecule has 1 aliphatic rings. The number of nitrogens with one attached hydrogen (secondary N) is 1. The summed E-state index contributed by atoms with van der Waals surface area (Å²) >= 11 is 0. The Balaban J connectivity index is 1.38. The van der Waals surface area contributed by atoms with Gasteiger partial charge in [0.25, 0.3) is 5.56 Å². The summed E-state index contributed by atoms with van der Waals surface area (Å²) < 4.78 is 0. The predicted molar refractivity (Wildman–Crippen MR) is 121 cm³/mol. The fraction of sp³-hybridized carbons (Fsp3) is 0.192. The van der Waals surface area contributed by atoms with Crippen LogP contribution in [0, 0.1) is 6.92 Å². The van der Waals surface area contributed by atoms with Crippen LogP contribution < -0.4 is 5.56 Å². The average Bonchev–Trinajstić information content (AvgIpc) is 2.75. The highest BCUT2D eigenvalue weighted by Crippen LogP contribution is 2.25. The second-order valence-electron chi connectivity index (χ2n) is 7.96. The van der Waals surface area contributed by atoms with Crippen molar-refractivity contribution in [1.82, 2.24) is 9.88 Å². The summed E-state index contributed by atoms with van der Waals surface area (Å²) in [6.45, 7) is 5.02. The molecular formula is C26H24N2O. The van der Waals surface area contributed by atoms with E-state index in [1.165, 1.54) is 22.3 Å². The number of H-pyrrole nitrogens is 1. The molecule has 1 N–H and O–H groups in total. The van der Waals surface area contributed by atoms with Crippen molar-refractivity contribution in [3.63, 3.8) is 0 Å². The molecule has 144 valence electrons. The summed E-state index contributed by atoms with van der Waals surface area (Å²) in [5.74, 6) is 0. The molecule has 2 heterocycles. The molecular weight excluding hydrogens is 356 g/mol. The number of rotatable bonds is 3. The number of pyridine rings is 1. The number of nitrogens with zero attached hydrogens (tertiary/aromatic N) is 1. The lowest BCUT2D eigenvalue weighted by atomic mass is 9.98. The normalized spacial score (nSPS) is 15.0. The molecule has 0 spiro atoms. The van der Waals surface area contributed by atoms with Crippen LogP contribution in [-0.4, -0.2) is 23.0 Å². The van der Waals surface area contributed by atoms with Crippen LogP contribution in [0.5, 0.6) is 0 Å². The van der Waals surface area contributed by atoms with E-state index in [2.05, 4.69) is 65.3 Å². The fourth-order valence-corrected chi connectivity index (χ4v) is 4.28. The summed E-state index contributed by atoms with van der Waals surface area (Å²) in [7, 11) is 0. The van der Waals surface area contributed by atoms with E-state index in [-0.39, 0.29) is 5.56 Å². The highest BCUT2D eigenvalue weighted by atomic mass is 16.1. The maximum atomic E-state index is 12.4. The zero-order valence-electron chi connectivity index (χ0n) is 16.6. The van der Waals surface area contributed by atoms with E-state index in [0.717, 1.165) is 47.7 Å². The number of hydrogen-bond donors (Lipinski definition) is 1. The molecule has 4 aromatic rings. The van der Waals surface area contributed by atoms with Crippen molar-refractivity contribution in [3.8, 4) is 0 Å². The molecule has 0 unspecified atom stereocenters. The fourth-order valence-electron chi connectivity index (χ4n) is 4.28. The van der Waals surface area contributed by atoms with E-state index in [9.17, 15) is 4.79 Å². The minimum Gasteiger partial charge on any atom is -0.321 e. The van der Waals surface area contributed by atoms with Crippen LogP contribution in [0.4, 0.5) is 0 Å². The largest absolute Gasteiger partial charge is 0.321 e. The lowest BCUT2D eigenvalue weighted by Crippen LogP contribution is -2.28. The lowest BCUT2D eigenvalue weighted by molar-refractivity contribution is 0.294. The van der Waals surface area contributed by atoms with Crippen molar-refractivity contribution in [1.29, 1.82) is 0 Å². The summed E-state index contributed by atoms with van der Waals surface area (Å²) in [4.78, 5) is 17.9. The first-order chi connectivity index (χ1) is 14.2. The third kappa shape index (κ3) is 3.50. The van der Waals surface area contributed by atoms with Gasteiger partial charge in [0, 0.05) is 35.9 Å². The third-order valence-corrected chi connectivity index (χ3v) is 5.92. The second-order valence-corrected chi connectivity index (χ2v) is 7.96. The highest BCUT2D eigenvalue weighted by Gasteiger charge is 2.14. The summed E-state index contributed by atoms with van der Waals surface area (Å²) in [6, 6.07) is 23.1. The van der Waals surface area contributed by atoms with Crippen molar-refractivity contribution in [2.24, 2.45) is 0 Å². The Bertz CT molecular complexity index is 1280. The number of benzene rings is 3. The predicted octanol–water partition coefficient (Wildman–Crippen LogP) is 5.28. The molecule has 29 heavy (non-hydrogen) atoms. The van der Waals surface area contributed by atoms with E-state index < -0.39 is 0 Å². The van der Waals surface area contributed by atoms with E-state index >= 15 is 0 Å². The Morgan fingerprint density at radius 3 is 2.48 bits per heavy atom. The summed E-state index contributed by atoms with van der Waals surface area (Å²) in [5.41, 5.74) is 6.21. The van der Waals surface area contributed by atoms with Gasteiger partial charge in [-0.15, -0.1) is 0 Å². The monoisotopic (exact) mass is 380 g/mol. The first-order valence-electron chi connectivity index (χ1n) is 10.2. The SMILES string of the molecule is Cc1ccc(C2=CCN(Cc3ccc4c(c3)[nH]c(=O)c3ccccc34)CC2)cc1. The van der Waals surface area contributed by atoms with Crippen LogP contribution in [0.3, 0.4) is 0 Å². The summed E-state index contributed by atoms with van der Waals surface area (Å²) in [6.07, 6.45) is 3.42. The first-order valence-corrected chi connectivity index (χ1v) is 10.2. The zero-order valence-corrected chi connectivity index (χ0v) is 16.6. The molecule has 0 aliphatic carbocycles. The van der Waals surface area contributed by atoms with Gasteiger partial charge in [-0.05, 0) is 47.6 Å². The van der Waals surface area contributed by atoms with Gasteiger partial charge in [0.05, 0.1) is 0 Å². The Kier molecular flexibility index (Phi) is 4.53. The molecule has 0 saturated heterocycles. The third-order valence-electron chi connectivity index (χ3n) is 5.92. The molecule has 3 nitrogen and oxygen atoms in total. The Labute approximate surface area is 170 Å². The quantitative estimate of drug-likeness (QED) is 0.491. The number of aromatic nitrogens is 1. The van der Waals surface area contributed by atoms with Crippen molar-refractivity contribution in [2.75, 3.05) is 13.1 Å². The second kappa shape index (κ2) is 7.34. The maximum absolute atomic E-state index is 12.4. The van der Waals surface area contributed by atoms with E-state index in [1.54, 1.807) is 0 Å². The van der Waals surface area contributed by atoms with Crippen molar-refractivity contribution in [2.45, 2.75) is 19.9 Å². The minimum absolute atomic E-state index is 0.0195. The molecule has 3 aromatic carbocycles. The number of hydrogen-bond acceptors (Lipinski definition) is 2. The van der Waals surface area contributed by atoms with Crippen LogP contribution in [0.2, 0.25) is 0 Å². The Morgan fingerprint density at radius 1 is 0.931 bits per heavy atom. The molecule has 0 radical (unpaired) electrons. The summed E-state index contributed by atoms with van der Waals surface area (Å²) in [5, 5.41) is 2.86. The van der Waals surface area contributed by atoms with Crippen LogP contribution in [0.1, 0.15) is 23.1 Å². The van der Waals surface area contributed by atoms with Crippen LogP contribution in [-0.2, 0) is 6.54 Å². The number of aromatic amines is 1. The van der Waals surface area contributed by atoms with Crippen molar-refractivity contribution >= 4 is 27.2 Å². The number of fused-ring (bicyclic) bond motifs is 3. The van der Waals surface area contributed by atoms with Crippen LogP contribution in [0.25, 0.3) is 27.2 Å². The van der Waals surface area contributed by atoms with E-state index in [1.807, 2.05) is 24.3 Å². The van der Waals surface area contributed by atoms with Crippen LogP contribution in [0.15, 0.2) is 77.6 Å². The molecule has 0 atom stereocenters. The van der Waals surface area contributed by atoms with Gasteiger partial charge in [-0.25, -0.2) is 0 Å². The minimum atomic E-state index is -0.0195. The van der Waals surface area contributed by atoms with Gasteiger partial charge in [-0.3, -0.25) is 9.69 Å². The Hall–Kier alpha value is -3.17. The van der Waals surface area contributed by atoms with Gasteiger partial charge in [0.2, 0.25) is 0 Å². The van der Waals surface area contributed by atoms with Crippen molar-refractivity contribution in [3.05, 3.63) is 99.9 Å². The van der Waals surface area contributed by atoms with Crippen molar-refractivity contribution < 1.29 is 0 Å². The van der Waals surface area contributed by atoms with Gasteiger partial charge in [0.1, 0.15) is 0 Å². The maximum Gasteiger partial charge on any atom is 0.256 e. The first kappa shape index (κ1) is 17.9. The molecule has 1 aromatic heterocycles. The molecule has 0 bridgehead atoms. The molecule has 3 heteroatoms. The molecule has 1 aliphatic heterocycles. The van der Waals surface area contributed by atoms with E-state index in [4.69, 9.17) is 0 Å². The molecule has 0 fully saturated rings. The molecule has 5 rings (SSSR count). The lowest BCUT2D eigenvalue weighted by Gasteiger charge is -2.26. The highest BCUT2D eigenvalue weighted by molar-refractivity contribution is 6.05. The average molecular weight is 380 g/mol. The van der Waals surface area contributed by atoms with Crippen LogP contribution >= 0.6 is 0 Å². The standard InChI is InChI=1S/C26H24N2O/c1-18-6-9-20(10-7-18)21-12-14-28(15-13-21)17-19-8-11-23-22-4-2-3-5-24(22)26(29)27-25(23)16-19/h2-12,16H,13-15,17H2,1H3,(H,27,29). The molecule has 0 amide bonds. The number of aryl methyl sites for hydroxylation is 1. The molecule has 0 saturated carbocycles. The smallest absolute Gasteiger partial charge is 0.256 e. The van der Waals surface area contributed by atoms with Gasteiger partial charge in [-0.2, -0.15) is 0 Å². The topological polar surface area (TPSA) is 36.1 Å². The van der Waals surface area contributed by atoms with Gasteiger partial charge in [0.15, 0.2) is 0 Å². The Morgan fingerprint density at radius 2 is 1.72 bits per heavy atom. The van der Waals surface area contributed by atoms with Gasteiger partial charge >= 0.3 is 0 Å². The van der Waals surface area contributed by atoms with E-state index in [0.29, 0.717) is 0 Å². The van der Waals surface area contributed by atoms with Gasteiger partial charge in [-0.1, -0.05) is 66.2 Å².